The van der Waals surface area contributed by atoms with Crippen LogP contribution >= 0.6 is 0 Å². The Kier molecular flexibility index (Phi) is 1.26. The molecule has 0 aliphatic heterocycles. The molecule has 0 aromatic rings. The lowest BCUT2D eigenvalue weighted by atomic mass is 9.55. The summed E-state index contributed by atoms with van der Waals surface area (Å²) in [5.74, 6) is 1.47. The van der Waals surface area contributed by atoms with Crippen LogP contribution in [-0.2, 0) is 4.79 Å². The van der Waals surface area contributed by atoms with Gasteiger partial charge in [0.15, 0.2) is 0 Å². The van der Waals surface area contributed by atoms with Crippen molar-refractivity contribution < 1.29 is 4.79 Å². The maximum Gasteiger partial charge on any atom is 0.146 e. The average Bonchev–Trinajstić information content (AvgIpc) is 2.48. The minimum atomic E-state index is -0.152. The van der Waals surface area contributed by atoms with Gasteiger partial charge in [-0.1, -0.05) is 12.5 Å². The Morgan fingerprint density at radius 2 is 2.36 bits per heavy atom. The van der Waals surface area contributed by atoms with Crippen molar-refractivity contribution in [2.24, 2.45) is 17.3 Å². The molecule has 0 unspecified atom stereocenters. The highest BCUT2D eigenvalue weighted by Gasteiger charge is 2.58. The Labute approximate surface area is 67.5 Å². The first-order valence-electron chi connectivity index (χ1n) is 4.38. The smallest absolute Gasteiger partial charge is 0.146 e. The number of fused-ring (bicyclic) bond motifs is 1. The normalized spacial score (nSPS) is 48.3. The van der Waals surface area contributed by atoms with Gasteiger partial charge in [-0.2, -0.15) is 0 Å². The van der Waals surface area contributed by atoms with Crippen molar-refractivity contribution in [1.29, 1.82) is 0 Å². The zero-order valence-corrected chi connectivity index (χ0v) is 6.97. The fourth-order valence-corrected chi connectivity index (χ4v) is 2.73. The molecule has 1 nitrogen and oxygen atoms in total. The molecule has 0 aromatic carbocycles. The third-order valence-corrected chi connectivity index (χ3v) is 3.58. The second-order valence-electron chi connectivity index (χ2n) is 3.99. The lowest BCUT2D eigenvalue weighted by Crippen LogP contribution is -2.52. The van der Waals surface area contributed by atoms with E-state index in [1.165, 1.54) is 12.8 Å². The van der Waals surface area contributed by atoms with E-state index in [2.05, 4.69) is 6.58 Å². The van der Waals surface area contributed by atoms with Crippen molar-refractivity contribution in [1.82, 2.24) is 0 Å². The van der Waals surface area contributed by atoms with Crippen LogP contribution in [0.4, 0.5) is 0 Å². The lowest BCUT2D eigenvalue weighted by Gasteiger charge is -2.46. The number of carbonyl (C=O) groups excluding carboxylic acids is 1. The number of hydrogen-bond donors (Lipinski definition) is 0. The van der Waals surface area contributed by atoms with Crippen LogP contribution in [0, 0.1) is 17.3 Å². The van der Waals surface area contributed by atoms with Crippen molar-refractivity contribution in [2.45, 2.75) is 26.2 Å². The molecule has 2 saturated carbocycles. The Balaban J connectivity index is 2.27. The third-order valence-electron chi connectivity index (χ3n) is 3.58. The van der Waals surface area contributed by atoms with Gasteiger partial charge in [-0.15, -0.1) is 6.58 Å². The molecule has 0 radical (unpaired) electrons. The molecule has 11 heavy (non-hydrogen) atoms. The van der Waals surface area contributed by atoms with Crippen molar-refractivity contribution >= 4 is 5.78 Å². The van der Waals surface area contributed by atoms with Gasteiger partial charge in [-0.05, 0) is 25.7 Å². The Hall–Kier alpha value is -0.590. The summed E-state index contributed by atoms with van der Waals surface area (Å²) in [4.78, 5) is 11.5. The highest BCUT2D eigenvalue weighted by molar-refractivity contribution is 5.95. The largest absolute Gasteiger partial charge is 0.298 e. The molecule has 0 amide bonds. The van der Waals surface area contributed by atoms with Crippen molar-refractivity contribution in [3.63, 3.8) is 0 Å². The van der Waals surface area contributed by atoms with E-state index in [4.69, 9.17) is 0 Å². The molecule has 2 fully saturated rings. The topological polar surface area (TPSA) is 17.1 Å². The summed E-state index contributed by atoms with van der Waals surface area (Å²) >= 11 is 0. The highest BCUT2D eigenvalue weighted by atomic mass is 16.1. The number of rotatable bonds is 1. The molecule has 60 valence electrons. The molecular weight excluding hydrogens is 136 g/mol. The quantitative estimate of drug-likeness (QED) is 0.523. The van der Waals surface area contributed by atoms with Crippen LogP contribution in [0.3, 0.4) is 0 Å². The number of ketones is 1. The van der Waals surface area contributed by atoms with Gasteiger partial charge in [0.05, 0.1) is 0 Å². The summed E-state index contributed by atoms with van der Waals surface area (Å²) in [7, 11) is 0. The average molecular weight is 150 g/mol. The van der Waals surface area contributed by atoms with E-state index in [1.807, 2.05) is 13.0 Å². The van der Waals surface area contributed by atoms with E-state index in [9.17, 15) is 4.79 Å². The Morgan fingerprint density at radius 3 is 3.00 bits per heavy atom. The molecule has 0 aromatic heterocycles. The van der Waals surface area contributed by atoms with Crippen LogP contribution in [0.25, 0.3) is 0 Å². The van der Waals surface area contributed by atoms with Gasteiger partial charge in [0.2, 0.25) is 0 Å². The van der Waals surface area contributed by atoms with Crippen molar-refractivity contribution in [3.05, 3.63) is 12.7 Å². The minimum absolute atomic E-state index is 0.152. The van der Waals surface area contributed by atoms with Crippen molar-refractivity contribution in [2.75, 3.05) is 0 Å². The summed E-state index contributed by atoms with van der Waals surface area (Å²) < 4.78 is 0. The maximum absolute atomic E-state index is 11.5. The van der Waals surface area contributed by atoms with Gasteiger partial charge in [-0.25, -0.2) is 0 Å². The molecule has 2 aliphatic rings. The Bertz CT molecular complexity index is 219. The Morgan fingerprint density at radius 1 is 1.64 bits per heavy atom. The molecule has 3 atom stereocenters. The molecular formula is C10H14O. The SMILES string of the molecule is C=C[C@@]1(C)C(=O)[C@@H]2CCC[C@@H]21. The van der Waals surface area contributed by atoms with Crippen LogP contribution in [0.15, 0.2) is 12.7 Å². The monoisotopic (exact) mass is 150 g/mol. The fourth-order valence-electron chi connectivity index (χ4n) is 2.73. The van der Waals surface area contributed by atoms with Gasteiger partial charge in [0.1, 0.15) is 5.78 Å². The van der Waals surface area contributed by atoms with Gasteiger partial charge in [0.25, 0.3) is 0 Å². The summed E-state index contributed by atoms with van der Waals surface area (Å²) in [6, 6.07) is 0. The van der Waals surface area contributed by atoms with Crippen molar-refractivity contribution in [3.8, 4) is 0 Å². The van der Waals surface area contributed by atoms with E-state index in [1.54, 1.807) is 0 Å². The molecule has 2 rings (SSSR count). The third kappa shape index (κ3) is 0.640. The summed E-state index contributed by atoms with van der Waals surface area (Å²) in [5.41, 5.74) is -0.152. The molecule has 0 N–H and O–H groups in total. The van der Waals surface area contributed by atoms with Crippen LogP contribution in [0.2, 0.25) is 0 Å². The van der Waals surface area contributed by atoms with Gasteiger partial charge >= 0.3 is 0 Å². The second-order valence-corrected chi connectivity index (χ2v) is 3.99. The van der Waals surface area contributed by atoms with Gasteiger partial charge in [-0.3, -0.25) is 4.79 Å². The lowest BCUT2D eigenvalue weighted by molar-refractivity contribution is -0.147. The van der Waals surface area contributed by atoms with Crippen LogP contribution in [0.1, 0.15) is 26.2 Å². The van der Waals surface area contributed by atoms with Gasteiger partial charge < -0.3 is 0 Å². The van der Waals surface area contributed by atoms with E-state index in [0.29, 0.717) is 17.6 Å². The molecule has 0 bridgehead atoms. The summed E-state index contributed by atoms with van der Waals surface area (Å²) in [6.45, 7) is 5.78. The van der Waals surface area contributed by atoms with Crippen LogP contribution < -0.4 is 0 Å². The predicted octanol–water partition coefficient (Wildman–Crippen LogP) is 2.18. The first-order chi connectivity index (χ1) is 5.20. The molecule has 1 heteroatoms. The molecule has 0 heterocycles. The van der Waals surface area contributed by atoms with Gasteiger partial charge in [0, 0.05) is 11.3 Å². The highest BCUT2D eigenvalue weighted by Crippen LogP contribution is 2.56. The first-order valence-corrected chi connectivity index (χ1v) is 4.38. The maximum atomic E-state index is 11.5. The first kappa shape index (κ1) is 7.08. The fraction of sp³-hybridized carbons (Fsp3) is 0.700. The number of allylic oxidation sites excluding steroid dienone is 1. The zero-order chi connectivity index (χ0) is 8.06. The second kappa shape index (κ2) is 1.96. The molecule has 0 spiro atoms. The van der Waals surface area contributed by atoms with E-state index < -0.39 is 0 Å². The van der Waals surface area contributed by atoms with Crippen LogP contribution in [0.5, 0.6) is 0 Å². The molecule has 2 aliphatic carbocycles. The number of hydrogen-bond acceptors (Lipinski definition) is 1. The minimum Gasteiger partial charge on any atom is -0.298 e. The number of Topliss-reactive ketones (excluding diaryl/α,β-unsaturated/α-hetero) is 1. The predicted molar refractivity (Wildman–Crippen MR) is 44.1 cm³/mol. The molecule has 0 saturated heterocycles. The number of carbonyl (C=O) groups is 1. The standard InChI is InChI=1S/C10H14O/c1-3-10(2)8-6-4-5-7(8)9(10)11/h3,7-8H,1,4-6H2,2H3/t7-,8+,10-/m1/s1. The summed E-state index contributed by atoms with van der Waals surface area (Å²) in [6.07, 6.45) is 5.46. The summed E-state index contributed by atoms with van der Waals surface area (Å²) in [5, 5.41) is 0. The van der Waals surface area contributed by atoms with Crippen LogP contribution in [-0.4, -0.2) is 5.78 Å². The zero-order valence-electron chi connectivity index (χ0n) is 6.97. The van der Waals surface area contributed by atoms with E-state index in [0.717, 1.165) is 6.42 Å². The van der Waals surface area contributed by atoms with E-state index >= 15 is 0 Å². The van der Waals surface area contributed by atoms with E-state index in [-0.39, 0.29) is 5.41 Å².